The first-order valence-corrected chi connectivity index (χ1v) is 12.0. The van der Waals surface area contributed by atoms with Gasteiger partial charge in [-0.3, -0.25) is 9.10 Å². The minimum Gasteiger partial charge on any atom is -0.354 e. The van der Waals surface area contributed by atoms with Gasteiger partial charge in [0.05, 0.1) is 17.0 Å². The van der Waals surface area contributed by atoms with Gasteiger partial charge in [0, 0.05) is 12.3 Å². The predicted molar refractivity (Wildman–Crippen MR) is 114 cm³/mol. The lowest BCUT2D eigenvalue weighted by Gasteiger charge is -2.22. The lowest BCUT2D eigenvalue weighted by Crippen LogP contribution is -2.40. The smallest absolute Gasteiger partial charge is 0.240 e. The number of thioether (sulfide) groups is 1. The number of hydrogen-bond donors (Lipinski definition) is 1. The first-order valence-electron chi connectivity index (χ1n) is 8.59. The molecule has 28 heavy (non-hydrogen) atoms. The van der Waals surface area contributed by atoms with E-state index < -0.39 is 15.9 Å². The summed E-state index contributed by atoms with van der Waals surface area (Å²) in [6.07, 6.45) is 1.72. The monoisotopic (exact) mass is 444 g/mol. The van der Waals surface area contributed by atoms with Crippen LogP contribution >= 0.6 is 23.4 Å². The van der Waals surface area contributed by atoms with Crippen LogP contribution in [-0.4, -0.2) is 39.4 Å². The zero-order valence-electron chi connectivity index (χ0n) is 15.4. The third-order valence-corrected chi connectivity index (χ3v) is 6.35. The van der Waals surface area contributed by atoms with Crippen molar-refractivity contribution in [2.75, 3.05) is 29.4 Å². The molecule has 9 heteroatoms. The van der Waals surface area contributed by atoms with Crippen LogP contribution in [0.4, 0.5) is 10.1 Å². The van der Waals surface area contributed by atoms with Crippen LogP contribution in [0.1, 0.15) is 12.0 Å². The molecule has 0 bridgehead atoms. The molecular formula is C19H22ClFN2O3S2. The number of rotatable bonds is 10. The zero-order valence-corrected chi connectivity index (χ0v) is 17.8. The first kappa shape index (κ1) is 22.5. The van der Waals surface area contributed by atoms with Crippen molar-refractivity contribution in [2.45, 2.75) is 12.2 Å². The number of carbonyl (C=O) groups excluding carboxylic acids is 1. The summed E-state index contributed by atoms with van der Waals surface area (Å²) in [5, 5.41) is 2.96. The van der Waals surface area contributed by atoms with Gasteiger partial charge in [-0.15, -0.1) is 0 Å². The molecule has 0 saturated heterocycles. The standard InChI is InChI=1S/C19H22ClFN2O3S2/c1-28(25,26)23(18-10-5-3-8-16(18)20)13-19(24)22-11-6-12-27-14-15-7-2-4-9-17(15)21/h2-5,7-10H,6,11-14H2,1H3,(H,22,24). The minimum atomic E-state index is -3.66. The summed E-state index contributed by atoms with van der Waals surface area (Å²) in [6.45, 7) is 0.0637. The van der Waals surface area contributed by atoms with E-state index in [1.165, 1.54) is 6.07 Å². The summed E-state index contributed by atoms with van der Waals surface area (Å²) in [6, 6.07) is 13.1. The van der Waals surface area contributed by atoms with Gasteiger partial charge in [0.15, 0.2) is 0 Å². The average molecular weight is 445 g/mol. The Morgan fingerprint density at radius 2 is 1.86 bits per heavy atom. The van der Waals surface area contributed by atoms with E-state index in [0.717, 1.165) is 16.3 Å². The summed E-state index contributed by atoms with van der Waals surface area (Å²) in [5.41, 5.74) is 0.919. The molecule has 1 amide bonds. The maximum absolute atomic E-state index is 13.5. The summed E-state index contributed by atoms with van der Waals surface area (Å²) in [7, 11) is -3.66. The number of anilines is 1. The van der Waals surface area contributed by atoms with Gasteiger partial charge in [-0.25, -0.2) is 12.8 Å². The quantitative estimate of drug-likeness (QED) is 0.567. The van der Waals surface area contributed by atoms with E-state index in [1.54, 1.807) is 54.2 Å². The van der Waals surface area contributed by atoms with Crippen molar-refractivity contribution in [3.63, 3.8) is 0 Å². The molecule has 2 aromatic carbocycles. The topological polar surface area (TPSA) is 66.5 Å². The molecule has 0 aliphatic heterocycles. The Labute approximate surface area is 174 Å². The molecule has 0 fully saturated rings. The summed E-state index contributed by atoms with van der Waals surface area (Å²) >= 11 is 7.64. The normalized spacial score (nSPS) is 11.2. The number of sulfonamides is 1. The highest BCUT2D eigenvalue weighted by molar-refractivity contribution is 7.98. The molecule has 0 atom stereocenters. The predicted octanol–water partition coefficient (Wildman–Crippen LogP) is 3.68. The number of carbonyl (C=O) groups is 1. The van der Waals surface area contributed by atoms with Gasteiger partial charge in [0.2, 0.25) is 15.9 Å². The molecule has 0 aromatic heterocycles. The van der Waals surface area contributed by atoms with Gasteiger partial charge in [-0.1, -0.05) is 41.9 Å². The molecule has 2 aromatic rings. The van der Waals surface area contributed by atoms with E-state index in [-0.39, 0.29) is 23.1 Å². The third-order valence-electron chi connectivity index (χ3n) is 3.81. The zero-order chi connectivity index (χ0) is 20.6. The van der Waals surface area contributed by atoms with Crippen LogP contribution in [0.5, 0.6) is 0 Å². The molecule has 0 spiro atoms. The van der Waals surface area contributed by atoms with Crippen LogP contribution in [0.15, 0.2) is 48.5 Å². The van der Waals surface area contributed by atoms with Crippen LogP contribution in [0.2, 0.25) is 5.02 Å². The molecule has 0 saturated carbocycles. The SMILES string of the molecule is CS(=O)(=O)N(CC(=O)NCCCSCc1ccccc1F)c1ccccc1Cl. The lowest BCUT2D eigenvalue weighted by molar-refractivity contribution is -0.119. The molecule has 2 rings (SSSR count). The number of halogens is 2. The lowest BCUT2D eigenvalue weighted by atomic mass is 10.2. The largest absolute Gasteiger partial charge is 0.354 e. The van der Waals surface area contributed by atoms with E-state index in [9.17, 15) is 17.6 Å². The fourth-order valence-electron chi connectivity index (χ4n) is 2.42. The van der Waals surface area contributed by atoms with E-state index in [2.05, 4.69) is 5.32 Å². The fraction of sp³-hybridized carbons (Fsp3) is 0.316. The molecule has 0 heterocycles. The Morgan fingerprint density at radius 1 is 1.18 bits per heavy atom. The van der Waals surface area contributed by atoms with Crippen molar-refractivity contribution < 1.29 is 17.6 Å². The Hall–Kier alpha value is -1.77. The number of para-hydroxylation sites is 1. The van der Waals surface area contributed by atoms with Crippen molar-refractivity contribution >= 4 is 45.0 Å². The minimum absolute atomic E-state index is 0.219. The van der Waals surface area contributed by atoms with Gasteiger partial charge < -0.3 is 5.32 Å². The van der Waals surface area contributed by atoms with Crippen molar-refractivity contribution in [2.24, 2.45) is 0 Å². The fourth-order valence-corrected chi connectivity index (χ4v) is 4.52. The molecule has 0 radical (unpaired) electrons. The van der Waals surface area contributed by atoms with Crippen LogP contribution in [-0.2, 0) is 20.6 Å². The Bertz CT molecular complexity index is 910. The highest BCUT2D eigenvalue weighted by Gasteiger charge is 2.22. The van der Waals surface area contributed by atoms with Crippen LogP contribution in [0.3, 0.4) is 0 Å². The van der Waals surface area contributed by atoms with E-state index in [0.29, 0.717) is 24.3 Å². The summed E-state index contributed by atoms with van der Waals surface area (Å²) in [4.78, 5) is 12.2. The average Bonchev–Trinajstić information content (AvgIpc) is 2.64. The molecule has 0 unspecified atom stereocenters. The molecule has 0 aliphatic carbocycles. The molecule has 152 valence electrons. The second kappa shape index (κ2) is 10.7. The van der Waals surface area contributed by atoms with Crippen LogP contribution in [0.25, 0.3) is 0 Å². The van der Waals surface area contributed by atoms with E-state index >= 15 is 0 Å². The van der Waals surface area contributed by atoms with Gasteiger partial charge in [-0.05, 0) is 35.9 Å². The second-order valence-corrected chi connectivity index (χ2v) is 9.49. The number of nitrogens with zero attached hydrogens (tertiary/aromatic N) is 1. The molecule has 0 aliphatic rings. The Kier molecular flexibility index (Phi) is 8.59. The van der Waals surface area contributed by atoms with Gasteiger partial charge >= 0.3 is 0 Å². The van der Waals surface area contributed by atoms with Gasteiger partial charge in [-0.2, -0.15) is 11.8 Å². The molecule has 5 nitrogen and oxygen atoms in total. The Balaban J connectivity index is 1.77. The van der Waals surface area contributed by atoms with Gasteiger partial charge in [0.25, 0.3) is 0 Å². The maximum atomic E-state index is 13.5. The number of amides is 1. The molecule has 1 N–H and O–H groups in total. The highest BCUT2D eigenvalue weighted by atomic mass is 35.5. The van der Waals surface area contributed by atoms with Gasteiger partial charge in [0.1, 0.15) is 12.4 Å². The van der Waals surface area contributed by atoms with E-state index in [1.807, 2.05) is 0 Å². The summed E-state index contributed by atoms with van der Waals surface area (Å²) < 4.78 is 38.6. The van der Waals surface area contributed by atoms with E-state index in [4.69, 9.17) is 11.6 Å². The van der Waals surface area contributed by atoms with Crippen molar-refractivity contribution in [3.8, 4) is 0 Å². The summed E-state index contributed by atoms with van der Waals surface area (Å²) in [5.74, 6) is 0.678. The molecular weight excluding hydrogens is 423 g/mol. The first-order chi connectivity index (χ1) is 13.3. The highest BCUT2D eigenvalue weighted by Crippen LogP contribution is 2.26. The Morgan fingerprint density at radius 3 is 2.54 bits per heavy atom. The maximum Gasteiger partial charge on any atom is 0.240 e. The second-order valence-electron chi connectivity index (χ2n) is 6.07. The number of hydrogen-bond acceptors (Lipinski definition) is 4. The van der Waals surface area contributed by atoms with Crippen LogP contribution in [0, 0.1) is 5.82 Å². The van der Waals surface area contributed by atoms with Crippen molar-refractivity contribution in [1.82, 2.24) is 5.32 Å². The van der Waals surface area contributed by atoms with Crippen LogP contribution < -0.4 is 9.62 Å². The third kappa shape index (κ3) is 7.00. The van der Waals surface area contributed by atoms with Crippen molar-refractivity contribution in [3.05, 3.63) is 64.9 Å². The number of nitrogens with one attached hydrogen (secondary N) is 1. The van der Waals surface area contributed by atoms with Crippen molar-refractivity contribution in [1.29, 1.82) is 0 Å². The number of benzene rings is 2.